The Hall–Kier alpha value is -4.44. The number of carbonyl (C=O) groups is 2. The Morgan fingerprint density at radius 1 is 0.971 bits per heavy atom. The van der Waals surface area contributed by atoms with Gasteiger partial charge in [-0.3, -0.25) is 10.2 Å². The van der Waals surface area contributed by atoms with E-state index >= 15 is 0 Å². The van der Waals surface area contributed by atoms with Crippen LogP contribution in [-0.2, 0) is 14.9 Å². The molecule has 0 aromatic heterocycles. The maximum Gasteiger partial charge on any atom is 0.354 e. The molecule has 0 radical (unpaired) electrons. The van der Waals surface area contributed by atoms with E-state index in [1.54, 1.807) is 93.8 Å². The fourth-order valence-electron chi connectivity index (χ4n) is 3.48. The van der Waals surface area contributed by atoms with Crippen LogP contribution < -0.4 is 10.2 Å². The van der Waals surface area contributed by atoms with Crippen molar-refractivity contribution in [3.05, 3.63) is 95.6 Å². The Bertz CT molecular complexity index is 1210. The van der Waals surface area contributed by atoms with Crippen LogP contribution >= 0.6 is 0 Å². The highest BCUT2D eigenvalue weighted by Crippen LogP contribution is 2.36. The fourth-order valence-corrected chi connectivity index (χ4v) is 3.48. The summed E-state index contributed by atoms with van der Waals surface area (Å²) in [6, 6.07) is 24.7. The molecule has 1 N–H and O–H groups in total. The van der Waals surface area contributed by atoms with E-state index in [0.717, 1.165) is 0 Å². The lowest BCUT2D eigenvalue weighted by atomic mass is 9.70. The van der Waals surface area contributed by atoms with Crippen LogP contribution in [0.3, 0.4) is 0 Å². The van der Waals surface area contributed by atoms with E-state index < -0.39 is 11.4 Å². The number of anilines is 1. The lowest BCUT2D eigenvalue weighted by Crippen LogP contribution is -2.36. The molecule has 0 saturated heterocycles. The Labute approximate surface area is 198 Å². The van der Waals surface area contributed by atoms with Gasteiger partial charge in [0.2, 0.25) is 0 Å². The largest absolute Gasteiger partial charge is 0.497 e. The Balaban J connectivity index is 2.00. The molecule has 3 aromatic rings. The van der Waals surface area contributed by atoms with E-state index in [1.807, 2.05) is 6.07 Å². The maximum atomic E-state index is 13.8. The number of nitrogens with zero attached hydrogens (tertiary/aromatic N) is 2. The molecule has 0 bridgehead atoms. The molecular formula is C27H25N3O4. The highest BCUT2D eigenvalue weighted by Gasteiger charge is 2.43. The minimum Gasteiger partial charge on any atom is -0.497 e. The second kappa shape index (κ2) is 10.9. The summed E-state index contributed by atoms with van der Waals surface area (Å²) in [7, 11) is 1.55. The minimum atomic E-state index is -1.56. The molecule has 7 heteroatoms. The third kappa shape index (κ3) is 4.97. The number of hydrogen-bond donors (Lipinski definition) is 1. The number of methoxy groups -OCH3 is 1. The third-order valence-electron chi connectivity index (χ3n) is 5.31. The molecule has 0 aliphatic carbocycles. The van der Waals surface area contributed by atoms with Crippen molar-refractivity contribution in [2.24, 2.45) is 5.10 Å². The van der Waals surface area contributed by atoms with Gasteiger partial charge in [-0.1, -0.05) is 42.5 Å². The van der Waals surface area contributed by atoms with Crippen molar-refractivity contribution in [2.75, 3.05) is 19.1 Å². The van der Waals surface area contributed by atoms with E-state index in [-0.39, 0.29) is 18.1 Å². The van der Waals surface area contributed by atoms with Gasteiger partial charge in [-0.2, -0.15) is 10.4 Å². The van der Waals surface area contributed by atoms with E-state index in [9.17, 15) is 14.9 Å². The lowest BCUT2D eigenvalue weighted by Gasteiger charge is -2.27. The predicted molar refractivity (Wildman–Crippen MR) is 130 cm³/mol. The van der Waals surface area contributed by atoms with Crippen molar-refractivity contribution >= 4 is 23.2 Å². The van der Waals surface area contributed by atoms with Crippen LogP contribution in [0.15, 0.2) is 84.0 Å². The summed E-state index contributed by atoms with van der Waals surface area (Å²) in [5, 5.41) is 14.4. The zero-order valence-electron chi connectivity index (χ0n) is 19.2. The van der Waals surface area contributed by atoms with Crippen molar-refractivity contribution in [3.63, 3.8) is 0 Å². The number of nitrogens with one attached hydrogen (secondary N) is 1. The first kappa shape index (κ1) is 24.2. The average molecular weight is 456 g/mol. The Morgan fingerprint density at radius 2 is 1.59 bits per heavy atom. The third-order valence-corrected chi connectivity index (χ3v) is 5.31. The first-order valence-corrected chi connectivity index (χ1v) is 10.7. The SMILES string of the molecule is CCOC(=O)/C(C)=N/Nc1ccc(C(C#N)(C(=O)c2ccc(OC)cc2)c2ccccc2)cc1. The van der Waals surface area contributed by atoms with Gasteiger partial charge in [-0.15, -0.1) is 0 Å². The monoisotopic (exact) mass is 455 g/mol. The van der Waals surface area contributed by atoms with E-state index in [2.05, 4.69) is 16.6 Å². The van der Waals surface area contributed by atoms with Gasteiger partial charge >= 0.3 is 5.97 Å². The van der Waals surface area contributed by atoms with Gasteiger partial charge in [0.15, 0.2) is 11.2 Å². The molecule has 0 saturated carbocycles. The van der Waals surface area contributed by atoms with Gasteiger partial charge in [0.05, 0.1) is 25.5 Å². The summed E-state index contributed by atoms with van der Waals surface area (Å²) < 4.78 is 10.1. The fraction of sp³-hybridized carbons (Fsp3) is 0.185. The highest BCUT2D eigenvalue weighted by atomic mass is 16.5. The number of Topliss-reactive ketones (excluding diaryl/α,β-unsaturated/α-hetero) is 1. The number of carbonyl (C=O) groups excluding carboxylic acids is 2. The van der Waals surface area contributed by atoms with Crippen LogP contribution in [0.5, 0.6) is 5.75 Å². The molecule has 0 aliphatic heterocycles. The van der Waals surface area contributed by atoms with Crippen molar-refractivity contribution in [1.29, 1.82) is 5.26 Å². The summed E-state index contributed by atoms with van der Waals surface area (Å²) in [5.74, 6) is -0.238. The van der Waals surface area contributed by atoms with Crippen LogP contribution in [0.25, 0.3) is 0 Å². The van der Waals surface area contributed by atoms with E-state index in [4.69, 9.17) is 9.47 Å². The standard InChI is InChI=1S/C27H25N3O4/c1-4-34-26(32)19(2)29-30-23-14-12-22(13-15-23)27(18-28,21-8-6-5-7-9-21)25(31)20-10-16-24(33-3)17-11-20/h5-17,30H,4H2,1-3H3/b29-19+. The molecular weight excluding hydrogens is 430 g/mol. The second-order valence-electron chi connectivity index (χ2n) is 7.39. The molecule has 34 heavy (non-hydrogen) atoms. The van der Waals surface area contributed by atoms with Gasteiger partial charge < -0.3 is 9.47 Å². The van der Waals surface area contributed by atoms with Gasteiger partial charge in [0, 0.05) is 5.56 Å². The zero-order valence-corrected chi connectivity index (χ0v) is 19.2. The van der Waals surface area contributed by atoms with Crippen molar-refractivity contribution in [1.82, 2.24) is 0 Å². The predicted octanol–water partition coefficient (Wildman–Crippen LogP) is 4.74. The number of benzene rings is 3. The zero-order chi connectivity index (χ0) is 24.6. The van der Waals surface area contributed by atoms with E-state index in [0.29, 0.717) is 28.1 Å². The molecule has 0 spiro atoms. The van der Waals surface area contributed by atoms with Crippen LogP contribution in [-0.4, -0.2) is 31.2 Å². The summed E-state index contributed by atoms with van der Waals surface area (Å²) in [5.41, 5.74) is 3.48. The molecule has 1 atom stereocenters. The molecule has 0 aliphatic rings. The molecule has 0 fully saturated rings. The first-order chi connectivity index (χ1) is 16.5. The molecule has 3 rings (SSSR count). The van der Waals surface area contributed by atoms with E-state index in [1.165, 1.54) is 0 Å². The van der Waals surface area contributed by atoms with Crippen LogP contribution in [0.2, 0.25) is 0 Å². The average Bonchev–Trinajstić information content (AvgIpc) is 2.89. The number of hydrazone groups is 1. The summed E-state index contributed by atoms with van der Waals surface area (Å²) in [6.07, 6.45) is 0. The Morgan fingerprint density at radius 3 is 2.15 bits per heavy atom. The second-order valence-corrected chi connectivity index (χ2v) is 7.39. The molecule has 0 amide bonds. The lowest BCUT2D eigenvalue weighted by molar-refractivity contribution is -0.135. The quantitative estimate of drug-likeness (QED) is 0.216. The molecule has 7 nitrogen and oxygen atoms in total. The van der Waals surface area contributed by atoms with Crippen molar-refractivity contribution in [2.45, 2.75) is 19.3 Å². The number of esters is 1. The first-order valence-electron chi connectivity index (χ1n) is 10.7. The summed E-state index contributed by atoms with van der Waals surface area (Å²) in [4.78, 5) is 25.5. The molecule has 3 aromatic carbocycles. The molecule has 172 valence electrons. The van der Waals surface area contributed by atoms with Gasteiger partial charge in [0.25, 0.3) is 0 Å². The minimum absolute atomic E-state index is 0.177. The normalized spacial score (nSPS) is 12.7. The number of nitriles is 1. The van der Waals surface area contributed by atoms with Gasteiger partial charge in [-0.05, 0) is 61.4 Å². The molecule has 1 unspecified atom stereocenters. The summed E-state index contributed by atoms with van der Waals surface area (Å²) >= 11 is 0. The topological polar surface area (TPSA) is 101 Å². The van der Waals surface area contributed by atoms with Crippen molar-refractivity contribution in [3.8, 4) is 11.8 Å². The van der Waals surface area contributed by atoms with Crippen LogP contribution in [0, 0.1) is 11.3 Å². The van der Waals surface area contributed by atoms with Crippen molar-refractivity contribution < 1.29 is 19.1 Å². The summed E-state index contributed by atoms with van der Waals surface area (Å²) in [6.45, 7) is 3.53. The van der Waals surface area contributed by atoms with Crippen LogP contribution in [0.1, 0.15) is 35.3 Å². The maximum absolute atomic E-state index is 13.8. The van der Waals surface area contributed by atoms with Gasteiger partial charge in [0.1, 0.15) is 11.5 Å². The Kier molecular flexibility index (Phi) is 7.78. The smallest absolute Gasteiger partial charge is 0.354 e. The highest BCUT2D eigenvalue weighted by molar-refractivity contribution is 6.35. The molecule has 0 heterocycles. The van der Waals surface area contributed by atoms with Gasteiger partial charge in [-0.25, -0.2) is 4.79 Å². The van der Waals surface area contributed by atoms with Crippen LogP contribution in [0.4, 0.5) is 5.69 Å². The number of ether oxygens (including phenoxy) is 2. The number of rotatable bonds is 9. The number of ketones is 1. The number of hydrogen-bond acceptors (Lipinski definition) is 7.